The lowest BCUT2D eigenvalue weighted by Crippen LogP contribution is -2.10. The minimum atomic E-state index is 0.169. The van der Waals surface area contributed by atoms with E-state index in [-0.39, 0.29) is 7.92 Å². The molecule has 0 fully saturated rings. The molecule has 0 radical (unpaired) electrons. The molecule has 1 aromatic heterocycles. The van der Waals surface area contributed by atoms with Gasteiger partial charge in [0.25, 0.3) is 0 Å². The van der Waals surface area contributed by atoms with Gasteiger partial charge in [0.05, 0.1) is 0 Å². The molecular weight excluding hydrogens is 263 g/mol. The average Bonchev–Trinajstić information content (AvgIpc) is 2.46. The fraction of sp³-hybridized carbons (Fsp3) is 0.765. The van der Waals surface area contributed by atoms with Crippen LogP contribution in [-0.4, -0.2) is 28.5 Å². The first-order valence-electron chi connectivity index (χ1n) is 8.23. The van der Waals surface area contributed by atoms with E-state index in [1.54, 1.807) is 0 Å². The molecule has 0 aromatic carbocycles. The Morgan fingerprint density at radius 2 is 1.75 bits per heavy atom. The first-order chi connectivity index (χ1) is 9.71. The Bertz CT molecular complexity index is 360. The number of hydrogen-bond acceptors (Lipinski definition) is 2. The first-order valence-corrected chi connectivity index (χ1v) is 10.1. The summed E-state index contributed by atoms with van der Waals surface area (Å²) in [6.45, 7) is 8.95. The van der Waals surface area contributed by atoms with E-state index in [4.69, 9.17) is 0 Å². The summed E-state index contributed by atoms with van der Waals surface area (Å²) >= 11 is 0. The molecule has 0 amide bonds. The summed E-state index contributed by atoms with van der Waals surface area (Å²) in [5.74, 6) is 1.64. The molecule has 0 aliphatic carbocycles. The summed E-state index contributed by atoms with van der Waals surface area (Å²) < 4.78 is 0. The Hall–Kier alpha value is -0.490. The molecule has 1 atom stereocenters. The van der Waals surface area contributed by atoms with E-state index < -0.39 is 0 Å². The molecule has 0 aliphatic heterocycles. The SMILES string of the molecule is CCCCP(CCCC)CC(CC)c1nccc(C)n1. The molecule has 0 saturated carbocycles. The Morgan fingerprint density at radius 3 is 2.25 bits per heavy atom. The van der Waals surface area contributed by atoms with Crippen molar-refractivity contribution in [3.8, 4) is 0 Å². The summed E-state index contributed by atoms with van der Waals surface area (Å²) in [4.78, 5) is 9.18. The number of aryl methyl sites for hydroxylation is 1. The Labute approximate surface area is 126 Å². The second-order valence-corrected chi connectivity index (χ2v) is 8.27. The molecule has 3 heteroatoms. The quantitative estimate of drug-likeness (QED) is 0.543. The van der Waals surface area contributed by atoms with Crippen LogP contribution in [0.15, 0.2) is 12.3 Å². The second kappa shape index (κ2) is 10.3. The van der Waals surface area contributed by atoms with Gasteiger partial charge in [-0.25, -0.2) is 9.97 Å². The summed E-state index contributed by atoms with van der Waals surface area (Å²) in [5.41, 5.74) is 1.10. The normalized spacial score (nSPS) is 12.8. The fourth-order valence-electron chi connectivity index (χ4n) is 2.43. The Kier molecular flexibility index (Phi) is 9.02. The fourth-order valence-corrected chi connectivity index (χ4v) is 5.59. The highest BCUT2D eigenvalue weighted by atomic mass is 31.1. The maximum absolute atomic E-state index is 4.66. The van der Waals surface area contributed by atoms with Crippen molar-refractivity contribution in [1.29, 1.82) is 0 Å². The van der Waals surface area contributed by atoms with Crippen LogP contribution in [0.3, 0.4) is 0 Å². The molecular formula is C17H31N2P. The maximum atomic E-state index is 4.66. The van der Waals surface area contributed by atoms with E-state index >= 15 is 0 Å². The second-order valence-electron chi connectivity index (χ2n) is 5.67. The van der Waals surface area contributed by atoms with Crippen molar-refractivity contribution in [3.63, 3.8) is 0 Å². The van der Waals surface area contributed by atoms with Crippen molar-refractivity contribution in [2.24, 2.45) is 0 Å². The van der Waals surface area contributed by atoms with Gasteiger partial charge in [-0.15, -0.1) is 7.92 Å². The first kappa shape index (κ1) is 17.6. The summed E-state index contributed by atoms with van der Waals surface area (Å²) in [6.07, 6.45) is 12.7. The van der Waals surface area contributed by atoms with E-state index in [1.165, 1.54) is 50.6 Å². The van der Waals surface area contributed by atoms with Crippen LogP contribution in [0.1, 0.15) is 70.3 Å². The van der Waals surface area contributed by atoms with Crippen LogP contribution >= 0.6 is 7.92 Å². The smallest absolute Gasteiger partial charge is 0.131 e. The van der Waals surface area contributed by atoms with Crippen LogP contribution in [0.25, 0.3) is 0 Å². The highest BCUT2D eigenvalue weighted by molar-refractivity contribution is 7.57. The zero-order chi connectivity index (χ0) is 14.8. The lowest BCUT2D eigenvalue weighted by atomic mass is 10.1. The topological polar surface area (TPSA) is 25.8 Å². The zero-order valence-electron chi connectivity index (χ0n) is 13.7. The maximum Gasteiger partial charge on any atom is 0.131 e. The van der Waals surface area contributed by atoms with E-state index in [0.717, 1.165) is 11.5 Å². The van der Waals surface area contributed by atoms with Gasteiger partial charge in [-0.05, 0) is 50.7 Å². The van der Waals surface area contributed by atoms with Crippen LogP contribution in [-0.2, 0) is 0 Å². The molecule has 0 spiro atoms. The van der Waals surface area contributed by atoms with Gasteiger partial charge in [0.2, 0.25) is 0 Å². The zero-order valence-corrected chi connectivity index (χ0v) is 14.6. The van der Waals surface area contributed by atoms with Crippen molar-refractivity contribution >= 4 is 7.92 Å². The van der Waals surface area contributed by atoms with Crippen LogP contribution in [0.4, 0.5) is 0 Å². The molecule has 1 rings (SSSR count). The van der Waals surface area contributed by atoms with Crippen molar-refractivity contribution in [2.75, 3.05) is 18.5 Å². The third kappa shape index (κ3) is 6.31. The van der Waals surface area contributed by atoms with Crippen LogP contribution in [0.2, 0.25) is 0 Å². The standard InChI is InChI=1S/C17H31N2P/c1-5-8-12-20(13-9-6-2)14-16(7-3)17-18-11-10-15(4)19-17/h10-11,16H,5-9,12-14H2,1-4H3. The molecule has 0 aliphatic rings. The molecule has 1 heterocycles. The van der Waals surface area contributed by atoms with Gasteiger partial charge >= 0.3 is 0 Å². The Balaban J connectivity index is 2.66. The van der Waals surface area contributed by atoms with Crippen molar-refractivity contribution in [1.82, 2.24) is 9.97 Å². The van der Waals surface area contributed by atoms with Crippen LogP contribution in [0, 0.1) is 6.92 Å². The summed E-state index contributed by atoms with van der Waals surface area (Å²) in [5, 5.41) is 0. The van der Waals surface area contributed by atoms with Crippen molar-refractivity contribution < 1.29 is 0 Å². The highest BCUT2D eigenvalue weighted by Gasteiger charge is 2.18. The predicted molar refractivity (Wildman–Crippen MR) is 91.1 cm³/mol. The molecule has 114 valence electrons. The van der Waals surface area contributed by atoms with Gasteiger partial charge in [0.1, 0.15) is 5.82 Å². The van der Waals surface area contributed by atoms with Gasteiger partial charge in [-0.2, -0.15) is 0 Å². The summed E-state index contributed by atoms with van der Waals surface area (Å²) in [7, 11) is 0.169. The molecule has 0 bridgehead atoms. The lowest BCUT2D eigenvalue weighted by Gasteiger charge is -2.22. The van der Waals surface area contributed by atoms with E-state index in [2.05, 4.69) is 37.7 Å². The van der Waals surface area contributed by atoms with Gasteiger partial charge in [0, 0.05) is 17.8 Å². The van der Waals surface area contributed by atoms with Gasteiger partial charge in [0.15, 0.2) is 0 Å². The molecule has 0 N–H and O–H groups in total. The van der Waals surface area contributed by atoms with E-state index in [9.17, 15) is 0 Å². The third-order valence-electron chi connectivity index (χ3n) is 3.81. The molecule has 0 saturated heterocycles. The number of aromatic nitrogens is 2. The number of hydrogen-bond donors (Lipinski definition) is 0. The van der Waals surface area contributed by atoms with Crippen LogP contribution < -0.4 is 0 Å². The van der Waals surface area contributed by atoms with Crippen molar-refractivity contribution in [2.45, 2.75) is 65.7 Å². The minimum Gasteiger partial charge on any atom is -0.241 e. The van der Waals surface area contributed by atoms with E-state index in [0.29, 0.717) is 5.92 Å². The number of unbranched alkanes of at least 4 members (excludes halogenated alkanes) is 2. The monoisotopic (exact) mass is 294 g/mol. The number of nitrogens with zero attached hydrogens (tertiary/aromatic N) is 2. The molecule has 1 aromatic rings. The third-order valence-corrected chi connectivity index (χ3v) is 6.66. The highest BCUT2D eigenvalue weighted by Crippen LogP contribution is 2.42. The van der Waals surface area contributed by atoms with Gasteiger partial charge < -0.3 is 0 Å². The lowest BCUT2D eigenvalue weighted by molar-refractivity contribution is 0.677. The Morgan fingerprint density at radius 1 is 1.10 bits per heavy atom. The average molecular weight is 294 g/mol. The molecule has 1 unspecified atom stereocenters. The van der Waals surface area contributed by atoms with Gasteiger partial charge in [-0.3, -0.25) is 0 Å². The minimum absolute atomic E-state index is 0.169. The molecule has 20 heavy (non-hydrogen) atoms. The van der Waals surface area contributed by atoms with Crippen LogP contribution in [0.5, 0.6) is 0 Å². The largest absolute Gasteiger partial charge is 0.241 e. The van der Waals surface area contributed by atoms with E-state index in [1.807, 2.05) is 12.3 Å². The predicted octanol–water partition coefficient (Wildman–Crippen LogP) is 5.36. The summed E-state index contributed by atoms with van der Waals surface area (Å²) in [6, 6.07) is 1.99. The van der Waals surface area contributed by atoms with Gasteiger partial charge in [-0.1, -0.05) is 33.6 Å². The van der Waals surface area contributed by atoms with Crippen molar-refractivity contribution in [3.05, 3.63) is 23.8 Å². The molecule has 2 nitrogen and oxygen atoms in total. The number of rotatable bonds is 10.